The van der Waals surface area contributed by atoms with Crippen molar-refractivity contribution in [3.05, 3.63) is 120 Å². The highest BCUT2D eigenvalue weighted by Gasteiger charge is 2.51. The van der Waals surface area contributed by atoms with Crippen molar-refractivity contribution in [3.63, 3.8) is 0 Å². The zero-order chi connectivity index (χ0) is 27.4. The third-order valence-corrected chi connectivity index (χ3v) is 8.08. The van der Waals surface area contributed by atoms with Gasteiger partial charge in [-0.1, -0.05) is 18.2 Å². The van der Waals surface area contributed by atoms with Crippen LogP contribution in [0.5, 0.6) is 0 Å². The van der Waals surface area contributed by atoms with E-state index in [0.29, 0.717) is 11.3 Å². The van der Waals surface area contributed by atoms with Gasteiger partial charge in [0.05, 0.1) is 22.9 Å². The molecule has 0 unspecified atom stereocenters. The minimum Gasteiger partial charge on any atom is -0.456 e. The summed E-state index contributed by atoms with van der Waals surface area (Å²) in [5, 5.41) is 1.98. The van der Waals surface area contributed by atoms with Crippen LogP contribution >= 0.6 is 0 Å². The van der Waals surface area contributed by atoms with Gasteiger partial charge in [0.2, 0.25) is 0 Å². The number of fused-ring (bicyclic) bond motifs is 2. The van der Waals surface area contributed by atoms with E-state index in [1.165, 1.54) is 12.1 Å². The lowest BCUT2D eigenvalue weighted by molar-refractivity contribution is 0.0701. The van der Waals surface area contributed by atoms with Gasteiger partial charge in [-0.3, -0.25) is 9.78 Å². The summed E-state index contributed by atoms with van der Waals surface area (Å²) in [7, 11) is 1.87. The van der Waals surface area contributed by atoms with Gasteiger partial charge in [0.25, 0.3) is 5.91 Å². The number of hydrogen-bond acceptors (Lipinski definition) is 4. The summed E-state index contributed by atoms with van der Waals surface area (Å²) in [6.45, 7) is 2.05. The quantitative estimate of drug-likeness (QED) is 0.229. The maximum Gasteiger partial charge on any atom is 0.254 e. The average molecular weight is 528 g/mol. The van der Waals surface area contributed by atoms with Crippen molar-refractivity contribution in [2.75, 3.05) is 7.05 Å². The molecule has 0 saturated heterocycles. The third-order valence-electron chi connectivity index (χ3n) is 8.08. The lowest BCUT2D eigenvalue weighted by Gasteiger charge is -2.28. The van der Waals surface area contributed by atoms with Crippen LogP contribution in [0.15, 0.2) is 102 Å². The second-order valence-electron chi connectivity index (χ2n) is 10.6. The van der Waals surface area contributed by atoms with Gasteiger partial charge >= 0.3 is 0 Å². The van der Waals surface area contributed by atoms with Crippen molar-refractivity contribution in [2.24, 2.45) is 0 Å². The largest absolute Gasteiger partial charge is 0.456 e. The van der Waals surface area contributed by atoms with Crippen molar-refractivity contribution in [1.29, 1.82) is 0 Å². The normalized spacial score (nSPS) is 14.0. The SMILES string of the molecule is Cc1ccc(C(=O)N(C)C2(c3ccc4ccncc4n3)CC2)cc1-c1ccc2oc(-c3ccc(F)cc3)cc2c1. The first kappa shape index (κ1) is 24.2. The monoisotopic (exact) mass is 527 g/mol. The number of hydrogen-bond donors (Lipinski definition) is 0. The number of furan rings is 1. The molecule has 0 atom stereocenters. The van der Waals surface area contributed by atoms with Crippen molar-refractivity contribution < 1.29 is 13.6 Å². The highest BCUT2D eigenvalue weighted by atomic mass is 19.1. The number of nitrogens with zero attached hydrogens (tertiary/aromatic N) is 3. The average Bonchev–Trinajstić information content (AvgIpc) is 3.69. The molecule has 0 aliphatic heterocycles. The van der Waals surface area contributed by atoms with E-state index in [9.17, 15) is 9.18 Å². The Morgan fingerprint density at radius 3 is 2.50 bits per heavy atom. The molecule has 7 rings (SSSR count). The molecule has 0 spiro atoms. The lowest BCUT2D eigenvalue weighted by Crippen LogP contribution is -2.37. The Kier molecular flexibility index (Phi) is 5.52. The minimum atomic E-state index is -0.404. The van der Waals surface area contributed by atoms with Crippen molar-refractivity contribution >= 4 is 27.8 Å². The molecule has 0 radical (unpaired) electrons. The number of amides is 1. The van der Waals surface area contributed by atoms with Gasteiger partial charge in [-0.15, -0.1) is 0 Å². The molecule has 1 saturated carbocycles. The minimum absolute atomic E-state index is 0.0326. The number of pyridine rings is 2. The highest BCUT2D eigenvalue weighted by Crippen LogP contribution is 2.50. The fraction of sp³-hybridized carbons (Fsp3) is 0.147. The first-order chi connectivity index (χ1) is 19.4. The van der Waals surface area contributed by atoms with Crippen LogP contribution in [0, 0.1) is 12.7 Å². The number of aryl methyl sites for hydroxylation is 1. The maximum absolute atomic E-state index is 13.8. The van der Waals surface area contributed by atoms with Crippen LogP contribution < -0.4 is 0 Å². The summed E-state index contributed by atoms with van der Waals surface area (Å²) >= 11 is 0. The topological polar surface area (TPSA) is 59.2 Å². The molecule has 196 valence electrons. The van der Waals surface area contributed by atoms with Crippen molar-refractivity contribution in [1.82, 2.24) is 14.9 Å². The second kappa shape index (κ2) is 9.12. The molecular weight excluding hydrogens is 501 g/mol. The Balaban J connectivity index is 1.20. The Bertz CT molecular complexity index is 1920. The molecule has 3 aromatic carbocycles. The van der Waals surface area contributed by atoms with E-state index in [-0.39, 0.29) is 11.7 Å². The summed E-state index contributed by atoms with van der Waals surface area (Å²) in [4.78, 5) is 24.7. The van der Waals surface area contributed by atoms with E-state index in [4.69, 9.17) is 9.40 Å². The van der Waals surface area contributed by atoms with Gasteiger partial charge in [-0.05, 0) is 103 Å². The van der Waals surface area contributed by atoms with Crippen LogP contribution in [-0.4, -0.2) is 27.8 Å². The predicted molar refractivity (Wildman–Crippen MR) is 154 cm³/mol. The summed E-state index contributed by atoms with van der Waals surface area (Å²) in [6.07, 6.45) is 5.28. The Morgan fingerprint density at radius 1 is 0.900 bits per heavy atom. The molecule has 1 aliphatic carbocycles. The summed E-state index contributed by atoms with van der Waals surface area (Å²) < 4.78 is 19.4. The molecule has 3 aromatic heterocycles. The number of carbonyl (C=O) groups is 1. The molecule has 0 N–H and O–H groups in total. The number of aromatic nitrogens is 2. The van der Waals surface area contributed by atoms with E-state index in [1.807, 2.05) is 67.4 Å². The van der Waals surface area contributed by atoms with Gasteiger partial charge in [0, 0.05) is 35.1 Å². The zero-order valence-electron chi connectivity index (χ0n) is 22.2. The molecule has 5 nitrogen and oxygen atoms in total. The summed E-state index contributed by atoms with van der Waals surface area (Å²) in [5.74, 6) is 0.369. The summed E-state index contributed by atoms with van der Waals surface area (Å²) in [6, 6.07) is 26.2. The van der Waals surface area contributed by atoms with E-state index in [2.05, 4.69) is 17.1 Å². The molecule has 6 aromatic rings. The van der Waals surface area contributed by atoms with Gasteiger partial charge in [-0.2, -0.15) is 0 Å². The first-order valence-corrected chi connectivity index (χ1v) is 13.3. The van der Waals surface area contributed by atoms with Crippen LogP contribution in [0.1, 0.15) is 34.5 Å². The Labute approximate surface area is 230 Å². The fourth-order valence-corrected chi connectivity index (χ4v) is 5.53. The van der Waals surface area contributed by atoms with Gasteiger partial charge in [0.1, 0.15) is 17.2 Å². The van der Waals surface area contributed by atoms with E-state index in [0.717, 1.165) is 62.7 Å². The Morgan fingerprint density at radius 2 is 1.70 bits per heavy atom. The second-order valence-corrected chi connectivity index (χ2v) is 10.6. The molecule has 0 bridgehead atoms. The van der Waals surface area contributed by atoms with Crippen LogP contribution in [0.3, 0.4) is 0 Å². The van der Waals surface area contributed by atoms with E-state index >= 15 is 0 Å². The molecule has 1 fully saturated rings. The Hall–Kier alpha value is -4.84. The van der Waals surface area contributed by atoms with E-state index in [1.54, 1.807) is 24.5 Å². The van der Waals surface area contributed by atoms with Crippen LogP contribution in [0.4, 0.5) is 4.39 Å². The molecular formula is C34H26FN3O2. The molecule has 3 heterocycles. The predicted octanol–water partition coefficient (Wildman–Crippen LogP) is 7.92. The highest BCUT2D eigenvalue weighted by molar-refractivity contribution is 5.97. The number of halogens is 1. The number of benzene rings is 3. The number of carbonyl (C=O) groups excluding carboxylic acids is 1. The molecule has 1 aliphatic rings. The van der Waals surface area contributed by atoms with Gasteiger partial charge < -0.3 is 9.32 Å². The van der Waals surface area contributed by atoms with Crippen molar-refractivity contribution in [2.45, 2.75) is 25.3 Å². The number of rotatable bonds is 5. The van der Waals surface area contributed by atoms with Crippen molar-refractivity contribution in [3.8, 4) is 22.5 Å². The van der Waals surface area contributed by atoms with Gasteiger partial charge in [-0.25, -0.2) is 9.37 Å². The lowest BCUT2D eigenvalue weighted by atomic mass is 9.96. The van der Waals surface area contributed by atoms with Crippen LogP contribution in [-0.2, 0) is 5.54 Å². The molecule has 6 heteroatoms. The standard InChI is InChI=1S/C34H26FN3O2/c1-21-3-4-25(33(39)38(2)34(14-15-34)32-12-8-22-13-16-36-20-29(22)37-32)18-28(21)24-7-11-30-26(17-24)19-31(40-30)23-5-9-27(35)10-6-23/h3-13,16-20H,14-15H2,1-2H3. The first-order valence-electron chi connectivity index (χ1n) is 13.3. The maximum atomic E-state index is 13.8. The van der Waals surface area contributed by atoms with E-state index < -0.39 is 5.54 Å². The van der Waals surface area contributed by atoms with Gasteiger partial charge in [0.15, 0.2) is 0 Å². The smallest absolute Gasteiger partial charge is 0.254 e. The third kappa shape index (κ3) is 4.04. The fourth-order valence-electron chi connectivity index (χ4n) is 5.53. The van der Waals surface area contributed by atoms with Crippen LogP contribution in [0.25, 0.3) is 44.3 Å². The summed E-state index contributed by atoms with van der Waals surface area (Å²) in [5.41, 5.74) is 6.60. The molecule has 40 heavy (non-hydrogen) atoms. The zero-order valence-corrected chi connectivity index (χ0v) is 22.2. The molecule has 1 amide bonds. The van der Waals surface area contributed by atoms with Crippen LogP contribution in [0.2, 0.25) is 0 Å².